The van der Waals surface area contributed by atoms with Crippen LogP contribution >= 0.6 is 0 Å². The van der Waals surface area contributed by atoms with Gasteiger partial charge in [-0.1, -0.05) is 18.2 Å². The summed E-state index contributed by atoms with van der Waals surface area (Å²) < 4.78 is 5.52. The van der Waals surface area contributed by atoms with Crippen molar-refractivity contribution < 1.29 is 9.53 Å². The Kier molecular flexibility index (Phi) is 2.53. The van der Waals surface area contributed by atoms with Gasteiger partial charge in [0.15, 0.2) is 0 Å². The van der Waals surface area contributed by atoms with Crippen LogP contribution in [0.4, 0.5) is 0 Å². The molecule has 0 saturated carbocycles. The summed E-state index contributed by atoms with van der Waals surface area (Å²) in [6.45, 7) is 2.38. The molecule has 2 heteroatoms. The number of fused-ring (bicyclic) bond motifs is 1. The molecule has 0 spiro atoms. The maximum absolute atomic E-state index is 11.1. The van der Waals surface area contributed by atoms with Gasteiger partial charge in [0.25, 0.3) is 0 Å². The normalized spacial score (nSPS) is 19.6. The van der Waals surface area contributed by atoms with Crippen molar-refractivity contribution in [1.82, 2.24) is 0 Å². The van der Waals surface area contributed by atoms with Gasteiger partial charge < -0.3 is 9.53 Å². The first kappa shape index (κ1) is 9.25. The Morgan fingerprint density at radius 2 is 2.29 bits per heavy atom. The lowest BCUT2D eigenvalue weighted by atomic mass is 9.89. The first-order valence-corrected chi connectivity index (χ1v) is 4.98. The van der Waals surface area contributed by atoms with E-state index in [0.29, 0.717) is 12.3 Å². The van der Waals surface area contributed by atoms with Crippen LogP contribution in [-0.4, -0.2) is 12.4 Å². The minimum atomic E-state index is 0.256. The highest BCUT2D eigenvalue weighted by molar-refractivity contribution is 5.76. The second-order valence-electron chi connectivity index (χ2n) is 3.78. The summed E-state index contributed by atoms with van der Waals surface area (Å²) in [5.41, 5.74) is 1.19. The second-order valence-corrected chi connectivity index (χ2v) is 3.78. The van der Waals surface area contributed by atoms with E-state index in [9.17, 15) is 4.79 Å². The van der Waals surface area contributed by atoms with Gasteiger partial charge >= 0.3 is 0 Å². The first-order valence-electron chi connectivity index (χ1n) is 4.98. The van der Waals surface area contributed by atoms with E-state index in [1.807, 2.05) is 18.2 Å². The summed E-state index contributed by atoms with van der Waals surface area (Å²) in [6.07, 6.45) is 1.59. The van der Waals surface area contributed by atoms with Crippen molar-refractivity contribution in [3.05, 3.63) is 29.8 Å². The van der Waals surface area contributed by atoms with Gasteiger partial charge in [-0.15, -0.1) is 0 Å². The highest BCUT2D eigenvalue weighted by atomic mass is 16.5. The number of carbonyl (C=O) groups is 1. The van der Waals surface area contributed by atoms with Crippen molar-refractivity contribution in [3.63, 3.8) is 0 Å². The zero-order chi connectivity index (χ0) is 9.97. The highest BCUT2D eigenvalue weighted by Gasteiger charge is 2.21. The molecule has 0 radical (unpaired) electrons. The molecule has 2 nitrogen and oxygen atoms in total. The predicted octanol–water partition coefficient (Wildman–Crippen LogP) is 2.53. The SMILES string of the molecule is CC(=O)CC1CCOc2ccccc21. The largest absolute Gasteiger partial charge is 0.493 e. The molecule has 2 rings (SSSR count). The molecule has 1 aliphatic rings. The van der Waals surface area contributed by atoms with E-state index in [1.54, 1.807) is 6.92 Å². The monoisotopic (exact) mass is 190 g/mol. The van der Waals surface area contributed by atoms with Crippen LogP contribution in [0.25, 0.3) is 0 Å². The van der Waals surface area contributed by atoms with E-state index in [2.05, 4.69) is 6.07 Å². The van der Waals surface area contributed by atoms with Crippen molar-refractivity contribution in [2.24, 2.45) is 0 Å². The molecule has 1 aromatic carbocycles. The summed E-state index contributed by atoms with van der Waals surface area (Å²) in [5.74, 6) is 1.56. The Labute approximate surface area is 83.9 Å². The van der Waals surface area contributed by atoms with E-state index >= 15 is 0 Å². The topological polar surface area (TPSA) is 26.3 Å². The Morgan fingerprint density at radius 3 is 3.07 bits per heavy atom. The maximum Gasteiger partial charge on any atom is 0.130 e. The number of ketones is 1. The van der Waals surface area contributed by atoms with Crippen LogP contribution in [-0.2, 0) is 4.79 Å². The van der Waals surface area contributed by atoms with E-state index in [1.165, 1.54) is 5.56 Å². The molecule has 0 bridgehead atoms. The number of hydrogen-bond acceptors (Lipinski definition) is 2. The van der Waals surface area contributed by atoms with Gasteiger partial charge in [0, 0.05) is 6.42 Å². The molecule has 14 heavy (non-hydrogen) atoms. The lowest BCUT2D eigenvalue weighted by molar-refractivity contribution is -0.117. The molecule has 1 unspecified atom stereocenters. The molecule has 1 heterocycles. The van der Waals surface area contributed by atoms with Gasteiger partial charge in [-0.05, 0) is 30.9 Å². The van der Waals surface area contributed by atoms with Crippen LogP contribution in [0.1, 0.15) is 31.2 Å². The van der Waals surface area contributed by atoms with E-state index in [0.717, 1.165) is 18.8 Å². The zero-order valence-corrected chi connectivity index (χ0v) is 8.32. The summed E-state index contributed by atoms with van der Waals surface area (Å²) in [5, 5.41) is 0. The number of carbonyl (C=O) groups excluding carboxylic acids is 1. The van der Waals surface area contributed by atoms with Gasteiger partial charge in [0.1, 0.15) is 11.5 Å². The Bertz CT molecular complexity index is 344. The molecular weight excluding hydrogens is 176 g/mol. The second kappa shape index (κ2) is 3.82. The highest BCUT2D eigenvalue weighted by Crippen LogP contribution is 2.35. The Morgan fingerprint density at radius 1 is 1.50 bits per heavy atom. The van der Waals surface area contributed by atoms with E-state index in [-0.39, 0.29) is 5.78 Å². The number of rotatable bonds is 2. The Balaban J connectivity index is 2.26. The average molecular weight is 190 g/mol. The van der Waals surface area contributed by atoms with Crippen molar-refractivity contribution in [2.75, 3.05) is 6.61 Å². The van der Waals surface area contributed by atoms with E-state index in [4.69, 9.17) is 4.74 Å². The standard InChI is InChI=1S/C12H14O2/c1-9(13)8-10-6-7-14-12-5-3-2-4-11(10)12/h2-5,10H,6-8H2,1H3. The molecule has 1 aliphatic heterocycles. The molecule has 1 atom stereocenters. The molecule has 0 fully saturated rings. The fourth-order valence-electron chi connectivity index (χ4n) is 1.97. The van der Waals surface area contributed by atoms with Crippen LogP contribution in [0.2, 0.25) is 0 Å². The molecule has 0 saturated heterocycles. The van der Waals surface area contributed by atoms with Crippen molar-refractivity contribution >= 4 is 5.78 Å². The van der Waals surface area contributed by atoms with Gasteiger partial charge in [0.2, 0.25) is 0 Å². The molecule has 74 valence electrons. The predicted molar refractivity (Wildman–Crippen MR) is 54.6 cm³/mol. The summed E-state index contributed by atoms with van der Waals surface area (Å²) in [6, 6.07) is 8.00. The maximum atomic E-state index is 11.1. The number of para-hydroxylation sites is 1. The molecule has 0 aromatic heterocycles. The molecule has 0 N–H and O–H groups in total. The third kappa shape index (κ3) is 1.79. The zero-order valence-electron chi connectivity index (χ0n) is 8.32. The minimum Gasteiger partial charge on any atom is -0.493 e. The van der Waals surface area contributed by atoms with Crippen LogP contribution < -0.4 is 4.74 Å². The molecule has 0 amide bonds. The average Bonchev–Trinajstić information content (AvgIpc) is 2.18. The molecule has 0 aliphatic carbocycles. The van der Waals surface area contributed by atoms with Gasteiger partial charge in [-0.2, -0.15) is 0 Å². The summed E-state index contributed by atoms with van der Waals surface area (Å²) in [7, 11) is 0. The molecular formula is C12H14O2. The fourth-order valence-corrected chi connectivity index (χ4v) is 1.97. The van der Waals surface area contributed by atoms with Gasteiger partial charge in [-0.3, -0.25) is 0 Å². The van der Waals surface area contributed by atoms with Crippen LogP contribution in [0.15, 0.2) is 24.3 Å². The quantitative estimate of drug-likeness (QED) is 0.716. The lowest BCUT2D eigenvalue weighted by Crippen LogP contribution is -2.16. The summed E-state index contributed by atoms with van der Waals surface area (Å²) >= 11 is 0. The van der Waals surface area contributed by atoms with Crippen molar-refractivity contribution in [3.8, 4) is 5.75 Å². The van der Waals surface area contributed by atoms with Crippen molar-refractivity contribution in [1.29, 1.82) is 0 Å². The fraction of sp³-hybridized carbons (Fsp3) is 0.417. The van der Waals surface area contributed by atoms with Crippen molar-refractivity contribution in [2.45, 2.75) is 25.7 Å². The van der Waals surface area contributed by atoms with E-state index < -0.39 is 0 Å². The first-order chi connectivity index (χ1) is 6.77. The number of benzene rings is 1. The van der Waals surface area contributed by atoms with Gasteiger partial charge in [-0.25, -0.2) is 0 Å². The number of Topliss-reactive ketones (excluding diaryl/α,β-unsaturated/α-hetero) is 1. The van der Waals surface area contributed by atoms with Gasteiger partial charge in [0.05, 0.1) is 6.61 Å². The Hall–Kier alpha value is -1.31. The number of hydrogen-bond donors (Lipinski definition) is 0. The molecule has 1 aromatic rings. The minimum absolute atomic E-state index is 0.256. The van der Waals surface area contributed by atoms with Crippen LogP contribution in [0.3, 0.4) is 0 Å². The number of ether oxygens (including phenoxy) is 1. The lowest BCUT2D eigenvalue weighted by Gasteiger charge is -2.24. The van der Waals surface area contributed by atoms with Crippen LogP contribution in [0.5, 0.6) is 5.75 Å². The smallest absolute Gasteiger partial charge is 0.130 e. The summed E-state index contributed by atoms with van der Waals surface area (Å²) in [4.78, 5) is 11.1. The third-order valence-corrected chi connectivity index (χ3v) is 2.62. The van der Waals surface area contributed by atoms with Crippen LogP contribution in [0, 0.1) is 0 Å². The third-order valence-electron chi connectivity index (χ3n) is 2.62.